The number of carbonyl (C=O) groups is 1. The summed E-state index contributed by atoms with van der Waals surface area (Å²) in [7, 11) is -3.79. The van der Waals surface area contributed by atoms with Crippen molar-refractivity contribution in [3.05, 3.63) is 59.9 Å². The summed E-state index contributed by atoms with van der Waals surface area (Å²) in [6, 6.07) is 15.3. The molecule has 7 nitrogen and oxygen atoms in total. The molecule has 0 radical (unpaired) electrons. The van der Waals surface area contributed by atoms with Crippen LogP contribution in [0, 0.1) is 28.5 Å². The molecule has 1 aliphatic carbocycles. The van der Waals surface area contributed by atoms with Crippen LogP contribution in [0.1, 0.15) is 31.7 Å². The molecule has 190 valence electrons. The number of carbonyl (C=O) groups excluding carboxylic acids is 1. The Labute approximate surface area is 211 Å². The number of nitriles is 1. The Morgan fingerprint density at radius 1 is 1.25 bits per heavy atom. The normalized spacial score (nSPS) is 25.2. The van der Waals surface area contributed by atoms with Gasteiger partial charge in [0.1, 0.15) is 11.9 Å². The van der Waals surface area contributed by atoms with E-state index in [0.717, 1.165) is 18.4 Å². The summed E-state index contributed by atoms with van der Waals surface area (Å²) >= 11 is 0. The fraction of sp³-hybridized carbons (Fsp3) is 0.481. The lowest BCUT2D eigenvalue weighted by Gasteiger charge is -2.34. The van der Waals surface area contributed by atoms with Crippen molar-refractivity contribution in [2.75, 3.05) is 18.9 Å². The maximum Gasteiger partial charge on any atom is 0.252 e. The second-order valence-electron chi connectivity index (χ2n) is 10.3. The standard InChI is InChI=1S/C27H30FN3O4S/c1-18(15-29)16-36(33,34)30-25-22(31(17-27(25)11-12-27)26(32)23-10-13-35-23)14-20-8-5-9-21(24(20)28)19-6-3-2-4-7-19/h2-9,18,22-23,25,30H,10-14,16-17H2,1H3/t18?,22-,23+,25+/m0/s1. The first kappa shape index (κ1) is 24.9. The van der Waals surface area contributed by atoms with Crippen LogP contribution in [-0.4, -0.2) is 56.3 Å². The van der Waals surface area contributed by atoms with Gasteiger partial charge in [0, 0.05) is 30.0 Å². The van der Waals surface area contributed by atoms with Gasteiger partial charge in [-0.1, -0.05) is 48.5 Å². The molecule has 36 heavy (non-hydrogen) atoms. The van der Waals surface area contributed by atoms with Crippen LogP contribution in [0.4, 0.5) is 4.39 Å². The molecule has 3 aliphatic rings. The summed E-state index contributed by atoms with van der Waals surface area (Å²) in [6.45, 7) is 2.50. The van der Waals surface area contributed by atoms with Crippen LogP contribution in [0.2, 0.25) is 0 Å². The lowest BCUT2D eigenvalue weighted by atomic mass is 9.91. The van der Waals surface area contributed by atoms with Crippen LogP contribution in [0.5, 0.6) is 0 Å². The minimum atomic E-state index is -3.79. The van der Waals surface area contributed by atoms with Gasteiger partial charge in [-0.25, -0.2) is 17.5 Å². The Morgan fingerprint density at radius 3 is 2.58 bits per heavy atom. The Balaban J connectivity index is 1.49. The molecule has 2 saturated heterocycles. The summed E-state index contributed by atoms with van der Waals surface area (Å²) in [4.78, 5) is 15.1. The Hall–Kier alpha value is -2.80. The van der Waals surface area contributed by atoms with Crippen LogP contribution in [0.25, 0.3) is 11.1 Å². The first-order valence-electron chi connectivity index (χ1n) is 12.4. The largest absolute Gasteiger partial charge is 0.368 e. The Kier molecular flexibility index (Phi) is 6.62. The molecule has 1 spiro atoms. The molecule has 1 amide bonds. The topological polar surface area (TPSA) is 99.5 Å². The minimum Gasteiger partial charge on any atom is -0.368 e. The number of rotatable bonds is 8. The van der Waals surface area contributed by atoms with E-state index < -0.39 is 34.1 Å². The number of hydrogen-bond acceptors (Lipinski definition) is 5. The van der Waals surface area contributed by atoms with Gasteiger partial charge in [-0.3, -0.25) is 4.79 Å². The summed E-state index contributed by atoms with van der Waals surface area (Å²) < 4.78 is 50.0. The third-order valence-corrected chi connectivity index (χ3v) is 9.22. The highest BCUT2D eigenvalue weighted by atomic mass is 32.2. The third kappa shape index (κ3) is 4.77. The lowest BCUT2D eigenvalue weighted by Crippen LogP contribution is -2.53. The molecule has 1 N–H and O–H groups in total. The maximum absolute atomic E-state index is 15.8. The zero-order valence-corrected chi connectivity index (χ0v) is 21.0. The number of sulfonamides is 1. The highest BCUT2D eigenvalue weighted by molar-refractivity contribution is 7.89. The van der Waals surface area contributed by atoms with Crippen molar-refractivity contribution in [2.45, 2.75) is 50.8 Å². The van der Waals surface area contributed by atoms with Gasteiger partial charge in [0.05, 0.1) is 30.4 Å². The van der Waals surface area contributed by atoms with E-state index in [1.54, 1.807) is 30.0 Å². The number of likely N-dealkylation sites (tertiary alicyclic amines) is 1. The predicted octanol–water partition coefficient (Wildman–Crippen LogP) is 3.26. The van der Waals surface area contributed by atoms with Crippen molar-refractivity contribution >= 4 is 15.9 Å². The van der Waals surface area contributed by atoms with Gasteiger partial charge in [-0.15, -0.1) is 0 Å². The van der Waals surface area contributed by atoms with Crippen molar-refractivity contribution < 1.29 is 22.3 Å². The van der Waals surface area contributed by atoms with Gasteiger partial charge in [0.2, 0.25) is 10.0 Å². The molecule has 2 heterocycles. The van der Waals surface area contributed by atoms with Crippen LogP contribution in [0.15, 0.2) is 48.5 Å². The van der Waals surface area contributed by atoms with Crippen LogP contribution >= 0.6 is 0 Å². The first-order chi connectivity index (χ1) is 17.2. The van der Waals surface area contributed by atoms with E-state index in [2.05, 4.69) is 4.72 Å². The smallest absolute Gasteiger partial charge is 0.252 e. The zero-order valence-electron chi connectivity index (χ0n) is 20.2. The highest BCUT2D eigenvalue weighted by Gasteiger charge is 2.62. The van der Waals surface area contributed by atoms with E-state index in [1.165, 1.54) is 0 Å². The average Bonchev–Trinajstić information content (AvgIpc) is 3.54. The third-order valence-electron chi connectivity index (χ3n) is 7.67. The molecule has 3 fully saturated rings. The van der Waals surface area contributed by atoms with Gasteiger partial charge in [-0.2, -0.15) is 5.26 Å². The Morgan fingerprint density at radius 2 is 1.97 bits per heavy atom. The van der Waals surface area contributed by atoms with Crippen molar-refractivity contribution in [1.29, 1.82) is 5.26 Å². The van der Waals surface area contributed by atoms with E-state index in [-0.39, 0.29) is 29.3 Å². The average molecular weight is 512 g/mol. The summed E-state index contributed by atoms with van der Waals surface area (Å²) in [5.74, 6) is -1.52. The van der Waals surface area contributed by atoms with Crippen molar-refractivity contribution in [2.24, 2.45) is 11.3 Å². The first-order valence-corrected chi connectivity index (χ1v) is 14.0. The van der Waals surface area contributed by atoms with Gasteiger partial charge >= 0.3 is 0 Å². The molecule has 0 bridgehead atoms. The number of nitrogens with one attached hydrogen (secondary N) is 1. The van der Waals surface area contributed by atoms with Gasteiger partial charge < -0.3 is 9.64 Å². The number of benzene rings is 2. The predicted molar refractivity (Wildman–Crippen MR) is 133 cm³/mol. The van der Waals surface area contributed by atoms with E-state index in [9.17, 15) is 13.2 Å². The number of hydrogen-bond donors (Lipinski definition) is 1. The van der Waals surface area contributed by atoms with Gasteiger partial charge in [-0.05, 0) is 37.3 Å². The quantitative estimate of drug-likeness (QED) is 0.587. The van der Waals surface area contributed by atoms with E-state index in [0.29, 0.717) is 30.7 Å². The molecule has 2 aromatic rings. The summed E-state index contributed by atoms with van der Waals surface area (Å²) in [5, 5.41) is 9.13. The van der Waals surface area contributed by atoms with E-state index in [1.807, 2.05) is 36.4 Å². The monoisotopic (exact) mass is 511 g/mol. The molecule has 1 saturated carbocycles. The Bertz CT molecular complexity index is 1290. The van der Waals surface area contributed by atoms with Gasteiger partial charge in [0.25, 0.3) is 5.91 Å². The molecule has 2 aromatic carbocycles. The number of halogens is 1. The summed E-state index contributed by atoms with van der Waals surface area (Å²) in [6.07, 6.45) is 1.84. The highest BCUT2D eigenvalue weighted by Crippen LogP contribution is 2.56. The second kappa shape index (κ2) is 9.58. The molecule has 2 aliphatic heterocycles. The van der Waals surface area contributed by atoms with Crippen LogP contribution in [0.3, 0.4) is 0 Å². The molecule has 1 unspecified atom stereocenters. The second-order valence-corrected chi connectivity index (χ2v) is 12.1. The van der Waals surface area contributed by atoms with E-state index in [4.69, 9.17) is 10.00 Å². The fourth-order valence-corrected chi connectivity index (χ4v) is 7.10. The number of ether oxygens (including phenoxy) is 1. The molecule has 5 rings (SSSR count). The zero-order chi connectivity index (χ0) is 25.5. The van der Waals surface area contributed by atoms with Crippen molar-refractivity contribution in [3.63, 3.8) is 0 Å². The number of amides is 1. The molecule has 0 aromatic heterocycles. The number of nitrogens with zero attached hydrogens (tertiary/aromatic N) is 2. The van der Waals surface area contributed by atoms with Crippen LogP contribution in [-0.2, 0) is 26.0 Å². The van der Waals surface area contributed by atoms with E-state index >= 15 is 4.39 Å². The van der Waals surface area contributed by atoms with Crippen molar-refractivity contribution in [3.8, 4) is 17.2 Å². The van der Waals surface area contributed by atoms with Crippen LogP contribution < -0.4 is 4.72 Å². The molecule has 9 heteroatoms. The molecular formula is C27H30FN3O4S. The SMILES string of the molecule is CC(C#N)CS(=O)(=O)N[C@@H]1[C@H](Cc2cccc(-c3ccccc3)c2F)N(C(=O)[C@H]2CCO2)CC12CC2. The lowest BCUT2D eigenvalue weighted by molar-refractivity contribution is -0.157. The minimum absolute atomic E-state index is 0.163. The molecular weight excluding hydrogens is 481 g/mol. The summed E-state index contributed by atoms with van der Waals surface area (Å²) in [5.41, 5.74) is 1.27. The van der Waals surface area contributed by atoms with Crippen molar-refractivity contribution in [1.82, 2.24) is 9.62 Å². The molecule has 4 atom stereocenters. The fourth-order valence-electron chi connectivity index (χ4n) is 5.47. The maximum atomic E-state index is 15.8. The van der Waals surface area contributed by atoms with Gasteiger partial charge in [0.15, 0.2) is 0 Å².